The molecule has 14 heavy (non-hydrogen) atoms. The standard InChI is InChI=1S/C10H8ClFO2/c1-5-2-9(13)6-3-8(12)7(11)4-10(6)14-5/h3-5H,2H2,1H3/t5-/m1/s1. The third-order valence-electron chi connectivity index (χ3n) is 2.12. The van der Waals surface area contributed by atoms with Crippen LogP contribution in [0.4, 0.5) is 4.39 Å². The van der Waals surface area contributed by atoms with Crippen LogP contribution in [0, 0.1) is 5.82 Å². The molecule has 0 amide bonds. The minimum absolute atomic E-state index is 0.0225. The number of hydrogen-bond acceptors (Lipinski definition) is 2. The molecule has 2 rings (SSSR count). The number of benzene rings is 1. The summed E-state index contributed by atoms with van der Waals surface area (Å²) >= 11 is 5.57. The summed E-state index contributed by atoms with van der Waals surface area (Å²) in [5.41, 5.74) is 0.282. The number of rotatable bonds is 0. The Morgan fingerprint density at radius 3 is 3.00 bits per heavy atom. The molecule has 0 saturated carbocycles. The Balaban J connectivity index is 2.55. The zero-order valence-corrected chi connectivity index (χ0v) is 8.27. The molecule has 1 atom stereocenters. The molecule has 0 radical (unpaired) electrons. The van der Waals surface area contributed by atoms with Gasteiger partial charge in [0.25, 0.3) is 0 Å². The van der Waals surface area contributed by atoms with Crippen LogP contribution in [0.5, 0.6) is 5.75 Å². The van der Waals surface area contributed by atoms with Crippen molar-refractivity contribution in [2.24, 2.45) is 0 Å². The lowest BCUT2D eigenvalue weighted by atomic mass is 10.0. The van der Waals surface area contributed by atoms with Gasteiger partial charge in [-0.05, 0) is 13.0 Å². The molecule has 0 fully saturated rings. The molecular weight excluding hydrogens is 207 g/mol. The number of ketones is 1. The van der Waals surface area contributed by atoms with E-state index in [9.17, 15) is 9.18 Å². The Labute approximate surface area is 85.6 Å². The van der Waals surface area contributed by atoms with E-state index in [1.807, 2.05) is 0 Å². The van der Waals surface area contributed by atoms with Crippen molar-refractivity contribution >= 4 is 17.4 Å². The second-order valence-corrected chi connectivity index (χ2v) is 3.73. The first-order valence-electron chi connectivity index (χ1n) is 4.27. The van der Waals surface area contributed by atoms with Gasteiger partial charge in [0, 0.05) is 12.5 Å². The van der Waals surface area contributed by atoms with Crippen molar-refractivity contribution < 1.29 is 13.9 Å². The van der Waals surface area contributed by atoms with Gasteiger partial charge < -0.3 is 4.74 Å². The predicted octanol–water partition coefficient (Wildman–Crippen LogP) is 2.83. The second-order valence-electron chi connectivity index (χ2n) is 3.32. The number of ether oxygens (including phenoxy) is 1. The minimum atomic E-state index is -0.586. The maximum atomic E-state index is 13.0. The van der Waals surface area contributed by atoms with E-state index in [0.717, 1.165) is 6.07 Å². The van der Waals surface area contributed by atoms with E-state index in [0.29, 0.717) is 5.75 Å². The zero-order chi connectivity index (χ0) is 10.3. The molecule has 1 aliphatic rings. The average molecular weight is 215 g/mol. The Bertz CT molecular complexity index is 403. The van der Waals surface area contributed by atoms with Gasteiger partial charge in [0.15, 0.2) is 5.78 Å². The molecule has 0 aromatic heterocycles. The maximum absolute atomic E-state index is 13.0. The van der Waals surface area contributed by atoms with Crippen molar-refractivity contribution in [3.8, 4) is 5.75 Å². The molecule has 2 nitrogen and oxygen atoms in total. The van der Waals surface area contributed by atoms with Crippen LogP contribution in [-0.2, 0) is 0 Å². The van der Waals surface area contributed by atoms with Crippen LogP contribution in [0.15, 0.2) is 12.1 Å². The van der Waals surface area contributed by atoms with Gasteiger partial charge in [-0.2, -0.15) is 0 Å². The lowest BCUT2D eigenvalue weighted by Crippen LogP contribution is -2.24. The van der Waals surface area contributed by atoms with Gasteiger partial charge in [-0.3, -0.25) is 4.79 Å². The quantitative estimate of drug-likeness (QED) is 0.664. The topological polar surface area (TPSA) is 26.3 Å². The van der Waals surface area contributed by atoms with Crippen LogP contribution in [0.3, 0.4) is 0 Å². The molecule has 1 aliphatic heterocycles. The third kappa shape index (κ3) is 1.48. The van der Waals surface area contributed by atoms with E-state index in [-0.39, 0.29) is 28.9 Å². The molecule has 4 heteroatoms. The first-order chi connectivity index (χ1) is 6.58. The molecule has 0 unspecified atom stereocenters. The van der Waals surface area contributed by atoms with Gasteiger partial charge in [-0.1, -0.05) is 11.6 Å². The molecule has 0 aliphatic carbocycles. The first kappa shape index (κ1) is 9.46. The number of carbonyl (C=O) groups is 1. The molecule has 1 heterocycles. The Morgan fingerprint density at radius 2 is 2.29 bits per heavy atom. The van der Waals surface area contributed by atoms with Gasteiger partial charge in [-0.15, -0.1) is 0 Å². The molecule has 1 aromatic rings. The zero-order valence-electron chi connectivity index (χ0n) is 7.51. The Hall–Kier alpha value is -1.09. The lowest BCUT2D eigenvalue weighted by molar-refractivity contribution is 0.0870. The first-order valence-corrected chi connectivity index (χ1v) is 4.64. The van der Waals surface area contributed by atoms with E-state index in [4.69, 9.17) is 16.3 Å². The summed E-state index contributed by atoms with van der Waals surface area (Å²) in [4.78, 5) is 11.5. The molecular formula is C10H8ClFO2. The lowest BCUT2D eigenvalue weighted by Gasteiger charge is -2.22. The van der Waals surface area contributed by atoms with Gasteiger partial charge >= 0.3 is 0 Å². The number of Topliss-reactive ketones (excluding diaryl/α,β-unsaturated/α-hetero) is 1. The number of hydrogen-bond donors (Lipinski definition) is 0. The van der Waals surface area contributed by atoms with Crippen molar-refractivity contribution in [2.75, 3.05) is 0 Å². The molecule has 1 aromatic carbocycles. The van der Waals surface area contributed by atoms with E-state index in [1.165, 1.54) is 6.07 Å². The molecule has 0 spiro atoms. The average Bonchev–Trinajstić information content (AvgIpc) is 2.08. The number of halogens is 2. The number of carbonyl (C=O) groups excluding carboxylic acids is 1. The molecule has 74 valence electrons. The second kappa shape index (κ2) is 3.24. The molecule has 0 saturated heterocycles. The van der Waals surface area contributed by atoms with Crippen molar-refractivity contribution in [1.82, 2.24) is 0 Å². The third-order valence-corrected chi connectivity index (χ3v) is 2.41. The molecule has 0 bridgehead atoms. The summed E-state index contributed by atoms with van der Waals surface area (Å²) in [7, 11) is 0. The van der Waals surface area contributed by atoms with Crippen LogP contribution in [0.25, 0.3) is 0 Å². The highest BCUT2D eigenvalue weighted by Gasteiger charge is 2.24. The number of fused-ring (bicyclic) bond motifs is 1. The van der Waals surface area contributed by atoms with Gasteiger partial charge in [0.2, 0.25) is 0 Å². The highest BCUT2D eigenvalue weighted by molar-refractivity contribution is 6.31. The Morgan fingerprint density at radius 1 is 1.57 bits per heavy atom. The maximum Gasteiger partial charge on any atom is 0.170 e. The summed E-state index contributed by atoms with van der Waals surface area (Å²) < 4.78 is 18.4. The van der Waals surface area contributed by atoms with Crippen molar-refractivity contribution in [2.45, 2.75) is 19.4 Å². The monoisotopic (exact) mass is 214 g/mol. The van der Waals surface area contributed by atoms with Crippen molar-refractivity contribution in [1.29, 1.82) is 0 Å². The van der Waals surface area contributed by atoms with E-state index in [1.54, 1.807) is 6.92 Å². The minimum Gasteiger partial charge on any atom is -0.489 e. The van der Waals surface area contributed by atoms with Gasteiger partial charge in [-0.25, -0.2) is 4.39 Å². The van der Waals surface area contributed by atoms with Crippen LogP contribution in [-0.4, -0.2) is 11.9 Å². The summed E-state index contributed by atoms with van der Waals surface area (Å²) in [6.45, 7) is 1.79. The predicted molar refractivity (Wildman–Crippen MR) is 50.4 cm³/mol. The van der Waals surface area contributed by atoms with E-state index in [2.05, 4.69) is 0 Å². The largest absolute Gasteiger partial charge is 0.489 e. The summed E-state index contributed by atoms with van der Waals surface area (Å²) in [6, 6.07) is 2.48. The SMILES string of the molecule is C[C@@H]1CC(=O)c2cc(F)c(Cl)cc2O1. The van der Waals surface area contributed by atoms with Crippen molar-refractivity contribution in [3.05, 3.63) is 28.5 Å². The van der Waals surface area contributed by atoms with E-state index < -0.39 is 5.82 Å². The Kier molecular flexibility index (Phi) is 2.19. The smallest absolute Gasteiger partial charge is 0.170 e. The van der Waals surface area contributed by atoms with Crippen molar-refractivity contribution in [3.63, 3.8) is 0 Å². The summed E-state index contributed by atoms with van der Waals surface area (Å²) in [6.07, 6.45) is 0.116. The normalized spacial score (nSPS) is 20.2. The fourth-order valence-electron chi connectivity index (χ4n) is 1.47. The fourth-order valence-corrected chi connectivity index (χ4v) is 1.63. The van der Waals surface area contributed by atoms with E-state index >= 15 is 0 Å². The van der Waals surface area contributed by atoms with Crippen LogP contribution < -0.4 is 4.74 Å². The van der Waals surface area contributed by atoms with Crippen LogP contribution in [0.1, 0.15) is 23.7 Å². The van der Waals surface area contributed by atoms with Crippen LogP contribution in [0.2, 0.25) is 5.02 Å². The summed E-state index contributed by atoms with van der Waals surface area (Å²) in [5, 5.41) is -0.0225. The van der Waals surface area contributed by atoms with Gasteiger partial charge in [0.05, 0.1) is 10.6 Å². The fraction of sp³-hybridized carbons (Fsp3) is 0.300. The summed E-state index contributed by atoms with van der Waals surface area (Å²) in [5.74, 6) is -0.314. The van der Waals surface area contributed by atoms with Gasteiger partial charge in [0.1, 0.15) is 17.7 Å². The highest BCUT2D eigenvalue weighted by atomic mass is 35.5. The molecule has 0 N–H and O–H groups in total. The highest BCUT2D eigenvalue weighted by Crippen LogP contribution is 2.31. The van der Waals surface area contributed by atoms with Crippen LogP contribution >= 0.6 is 11.6 Å².